The van der Waals surface area contributed by atoms with E-state index >= 15 is 0 Å². The molecule has 1 heterocycles. The Bertz CT molecular complexity index is 653. The predicted octanol–water partition coefficient (Wildman–Crippen LogP) is 2.14. The van der Waals surface area contributed by atoms with E-state index in [1.807, 2.05) is 0 Å². The van der Waals surface area contributed by atoms with Crippen LogP contribution in [-0.4, -0.2) is 62.4 Å². The summed E-state index contributed by atoms with van der Waals surface area (Å²) in [5.41, 5.74) is 0.546. The van der Waals surface area contributed by atoms with Crippen molar-refractivity contribution in [2.75, 3.05) is 32.9 Å². The van der Waals surface area contributed by atoms with Crippen molar-refractivity contribution < 1.29 is 17.6 Å². The van der Waals surface area contributed by atoms with Gasteiger partial charge in [-0.15, -0.1) is 0 Å². The normalized spacial score (nSPS) is 17.3. The largest absolute Gasteiger partial charge is 0.303 e. The molecule has 1 saturated heterocycles. The van der Waals surface area contributed by atoms with Gasteiger partial charge in [0.2, 0.25) is 10.0 Å². The highest BCUT2D eigenvalue weighted by Gasteiger charge is 2.26. The van der Waals surface area contributed by atoms with Crippen LogP contribution in [0, 0.1) is 5.82 Å². The average Bonchev–Trinajstić information content (AvgIpc) is 2.54. The molecule has 0 bridgehead atoms. The molecule has 0 amide bonds. The number of nitrogens with zero attached hydrogens (tertiary/aromatic N) is 2. The van der Waals surface area contributed by atoms with Crippen LogP contribution in [0.15, 0.2) is 24.3 Å². The van der Waals surface area contributed by atoms with Crippen LogP contribution in [0.3, 0.4) is 0 Å². The zero-order valence-electron chi connectivity index (χ0n) is 14.2. The van der Waals surface area contributed by atoms with Gasteiger partial charge in [-0.1, -0.05) is 0 Å². The van der Waals surface area contributed by atoms with Gasteiger partial charge in [0.15, 0.2) is 5.78 Å². The van der Waals surface area contributed by atoms with E-state index in [1.165, 1.54) is 34.8 Å². The highest BCUT2D eigenvalue weighted by atomic mass is 32.2. The Morgan fingerprint density at radius 1 is 1.25 bits per heavy atom. The molecule has 0 unspecified atom stereocenters. The lowest BCUT2D eigenvalue weighted by Gasteiger charge is -2.35. The van der Waals surface area contributed by atoms with Gasteiger partial charge in [-0.05, 0) is 63.2 Å². The van der Waals surface area contributed by atoms with Crippen LogP contribution in [0.25, 0.3) is 0 Å². The summed E-state index contributed by atoms with van der Waals surface area (Å²) in [6, 6.07) is 5.71. The lowest BCUT2D eigenvalue weighted by molar-refractivity contribution is 0.0969. The van der Waals surface area contributed by atoms with E-state index in [4.69, 9.17) is 0 Å². The molecule has 2 rings (SSSR count). The molecule has 1 fully saturated rings. The molecular formula is C17H25FN2O3S. The van der Waals surface area contributed by atoms with Crippen LogP contribution in [0.2, 0.25) is 0 Å². The SMILES string of the molecule is CN(C1CCN(CCCC(=O)c2ccc(F)cc2)CC1)S(C)(=O)=O. The molecule has 1 aliphatic rings. The lowest BCUT2D eigenvalue weighted by atomic mass is 10.0. The van der Waals surface area contributed by atoms with Crippen molar-refractivity contribution in [1.29, 1.82) is 0 Å². The Labute approximate surface area is 143 Å². The Morgan fingerprint density at radius 3 is 2.38 bits per heavy atom. The van der Waals surface area contributed by atoms with Gasteiger partial charge in [-0.3, -0.25) is 4.79 Å². The number of Topliss-reactive ketones (excluding diaryl/α,β-unsaturated/α-hetero) is 1. The molecule has 0 spiro atoms. The maximum Gasteiger partial charge on any atom is 0.211 e. The molecule has 0 saturated carbocycles. The number of rotatable bonds is 7. The van der Waals surface area contributed by atoms with Crippen LogP contribution >= 0.6 is 0 Å². The van der Waals surface area contributed by atoms with E-state index in [0.717, 1.165) is 38.9 Å². The lowest BCUT2D eigenvalue weighted by Crippen LogP contribution is -2.45. The third-order valence-corrected chi connectivity index (χ3v) is 5.98. The number of hydrogen-bond acceptors (Lipinski definition) is 4. The van der Waals surface area contributed by atoms with Gasteiger partial charge in [-0.25, -0.2) is 17.1 Å². The van der Waals surface area contributed by atoms with Crippen LogP contribution in [0.1, 0.15) is 36.0 Å². The summed E-state index contributed by atoms with van der Waals surface area (Å²) >= 11 is 0. The summed E-state index contributed by atoms with van der Waals surface area (Å²) in [5, 5.41) is 0. The number of sulfonamides is 1. The second-order valence-electron chi connectivity index (χ2n) is 6.39. The highest BCUT2D eigenvalue weighted by Crippen LogP contribution is 2.18. The van der Waals surface area contributed by atoms with Gasteiger partial charge >= 0.3 is 0 Å². The number of halogens is 1. The van der Waals surface area contributed by atoms with Crippen molar-refractivity contribution in [3.8, 4) is 0 Å². The zero-order valence-corrected chi connectivity index (χ0v) is 15.1. The molecule has 0 aromatic heterocycles. The van der Waals surface area contributed by atoms with Gasteiger partial charge in [0, 0.05) is 25.1 Å². The molecule has 1 aliphatic heterocycles. The minimum absolute atomic E-state index is 0.0293. The monoisotopic (exact) mass is 356 g/mol. The second-order valence-corrected chi connectivity index (χ2v) is 8.43. The molecule has 1 aromatic carbocycles. The topological polar surface area (TPSA) is 57.7 Å². The molecule has 0 radical (unpaired) electrons. The number of piperidine rings is 1. The van der Waals surface area contributed by atoms with E-state index in [9.17, 15) is 17.6 Å². The van der Waals surface area contributed by atoms with Crippen molar-refractivity contribution in [3.05, 3.63) is 35.6 Å². The maximum atomic E-state index is 12.8. The minimum atomic E-state index is -3.14. The van der Waals surface area contributed by atoms with Crippen molar-refractivity contribution in [2.45, 2.75) is 31.7 Å². The molecule has 7 heteroatoms. The number of likely N-dealkylation sites (tertiary alicyclic amines) is 1. The summed E-state index contributed by atoms with van der Waals surface area (Å²) in [4.78, 5) is 14.3. The summed E-state index contributed by atoms with van der Waals surface area (Å²) < 4.78 is 37.4. The van der Waals surface area contributed by atoms with E-state index < -0.39 is 10.0 Å². The van der Waals surface area contributed by atoms with Crippen molar-refractivity contribution in [1.82, 2.24) is 9.21 Å². The predicted molar refractivity (Wildman–Crippen MR) is 92.0 cm³/mol. The third kappa shape index (κ3) is 5.36. The summed E-state index contributed by atoms with van der Waals surface area (Å²) in [5.74, 6) is -0.310. The van der Waals surface area contributed by atoms with Crippen LogP contribution in [-0.2, 0) is 10.0 Å². The first-order chi connectivity index (χ1) is 11.3. The quantitative estimate of drug-likeness (QED) is 0.703. The standard InChI is InChI=1S/C17H25FN2O3S/c1-19(24(2,22)23)16-9-12-20(13-10-16)11-3-4-17(21)14-5-7-15(18)8-6-14/h5-8,16H,3-4,9-13H2,1-2H3. The van der Waals surface area contributed by atoms with Gasteiger partial charge in [-0.2, -0.15) is 0 Å². The zero-order chi connectivity index (χ0) is 17.7. The second kappa shape index (κ2) is 8.18. The summed E-state index contributed by atoms with van der Waals surface area (Å²) in [6.07, 6.45) is 4.06. The fourth-order valence-electron chi connectivity index (χ4n) is 3.02. The third-order valence-electron chi connectivity index (χ3n) is 4.64. The van der Waals surface area contributed by atoms with E-state index in [0.29, 0.717) is 12.0 Å². The highest BCUT2D eigenvalue weighted by molar-refractivity contribution is 7.88. The van der Waals surface area contributed by atoms with Gasteiger partial charge < -0.3 is 4.90 Å². The van der Waals surface area contributed by atoms with Gasteiger partial charge in [0.1, 0.15) is 5.82 Å². The molecule has 0 atom stereocenters. The molecule has 1 aromatic rings. The molecule has 0 N–H and O–H groups in total. The fourth-order valence-corrected chi connectivity index (χ4v) is 3.77. The Kier molecular flexibility index (Phi) is 6.48. The molecule has 24 heavy (non-hydrogen) atoms. The van der Waals surface area contributed by atoms with Crippen LogP contribution in [0.5, 0.6) is 0 Å². The first kappa shape index (κ1) is 19.0. The molecule has 5 nitrogen and oxygen atoms in total. The summed E-state index contributed by atoms with van der Waals surface area (Å²) in [7, 11) is -1.50. The molecule has 134 valence electrons. The Hall–Kier alpha value is -1.31. The summed E-state index contributed by atoms with van der Waals surface area (Å²) in [6.45, 7) is 2.51. The fraction of sp³-hybridized carbons (Fsp3) is 0.588. The van der Waals surface area contributed by atoms with Crippen LogP contribution in [0.4, 0.5) is 4.39 Å². The van der Waals surface area contributed by atoms with E-state index in [-0.39, 0.29) is 17.6 Å². The van der Waals surface area contributed by atoms with E-state index in [1.54, 1.807) is 7.05 Å². The Morgan fingerprint density at radius 2 is 1.83 bits per heavy atom. The molecular weight excluding hydrogens is 331 g/mol. The maximum absolute atomic E-state index is 12.8. The minimum Gasteiger partial charge on any atom is -0.303 e. The van der Waals surface area contributed by atoms with Gasteiger partial charge in [0.05, 0.1) is 6.26 Å². The van der Waals surface area contributed by atoms with Crippen molar-refractivity contribution >= 4 is 15.8 Å². The van der Waals surface area contributed by atoms with Crippen molar-refractivity contribution in [3.63, 3.8) is 0 Å². The number of benzene rings is 1. The first-order valence-electron chi connectivity index (χ1n) is 8.21. The smallest absolute Gasteiger partial charge is 0.211 e. The average molecular weight is 356 g/mol. The number of ketones is 1. The number of carbonyl (C=O) groups excluding carboxylic acids is 1. The van der Waals surface area contributed by atoms with E-state index in [2.05, 4.69) is 4.90 Å². The Balaban J connectivity index is 1.71. The molecule has 0 aliphatic carbocycles. The number of hydrogen-bond donors (Lipinski definition) is 0. The van der Waals surface area contributed by atoms with Crippen LogP contribution < -0.4 is 0 Å². The van der Waals surface area contributed by atoms with Crippen molar-refractivity contribution in [2.24, 2.45) is 0 Å². The first-order valence-corrected chi connectivity index (χ1v) is 10.1. The van der Waals surface area contributed by atoms with Gasteiger partial charge in [0.25, 0.3) is 0 Å². The number of carbonyl (C=O) groups is 1.